The number of rotatable bonds is 6. The Morgan fingerprint density at radius 1 is 1.14 bits per heavy atom. The normalized spacial score (nSPS) is 12.4. The summed E-state index contributed by atoms with van der Waals surface area (Å²) in [5.41, 5.74) is 0.813. The van der Waals surface area contributed by atoms with Gasteiger partial charge in [0, 0.05) is 0 Å². The van der Waals surface area contributed by atoms with E-state index in [-0.39, 0.29) is 10.6 Å². The lowest BCUT2D eigenvalue weighted by atomic mass is 10.2. The SMILES string of the molecule is COc1ccccc1S(=O)(=O)CC(SC#N)c1ccccc1. The third-order valence-electron chi connectivity index (χ3n) is 3.14. The highest BCUT2D eigenvalue weighted by molar-refractivity contribution is 8.04. The third-order valence-corrected chi connectivity index (χ3v) is 5.96. The van der Waals surface area contributed by atoms with E-state index >= 15 is 0 Å². The lowest BCUT2D eigenvalue weighted by Gasteiger charge is -2.15. The summed E-state index contributed by atoms with van der Waals surface area (Å²) >= 11 is 0.950. The number of para-hydroxylation sites is 1. The highest BCUT2D eigenvalue weighted by atomic mass is 32.2. The first-order valence-electron chi connectivity index (χ1n) is 6.54. The van der Waals surface area contributed by atoms with Crippen LogP contribution >= 0.6 is 11.8 Å². The number of nitrogens with zero attached hydrogens (tertiary/aromatic N) is 1. The van der Waals surface area contributed by atoms with Crippen LogP contribution in [0.4, 0.5) is 0 Å². The smallest absolute Gasteiger partial charge is 0.183 e. The van der Waals surface area contributed by atoms with Gasteiger partial charge in [-0.2, -0.15) is 5.26 Å². The van der Waals surface area contributed by atoms with E-state index in [9.17, 15) is 8.42 Å². The molecule has 4 nitrogen and oxygen atoms in total. The van der Waals surface area contributed by atoms with E-state index in [1.54, 1.807) is 18.2 Å². The van der Waals surface area contributed by atoms with Crippen LogP contribution in [0.15, 0.2) is 59.5 Å². The first kappa shape index (κ1) is 16.4. The minimum absolute atomic E-state index is 0.150. The van der Waals surface area contributed by atoms with Crippen LogP contribution in [-0.4, -0.2) is 21.3 Å². The maximum atomic E-state index is 12.7. The Bertz CT molecular complexity index is 767. The molecular weight excluding hydrogens is 318 g/mol. The van der Waals surface area contributed by atoms with E-state index in [1.807, 2.05) is 35.7 Å². The number of hydrogen-bond donors (Lipinski definition) is 0. The molecule has 1 unspecified atom stereocenters. The zero-order chi connectivity index (χ0) is 16.0. The molecule has 114 valence electrons. The van der Waals surface area contributed by atoms with Gasteiger partial charge in [-0.15, -0.1) is 0 Å². The zero-order valence-electron chi connectivity index (χ0n) is 12.0. The fraction of sp³-hybridized carbons (Fsp3) is 0.188. The number of sulfone groups is 1. The Hall–Kier alpha value is -1.97. The Morgan fingerprint density at radius 3 is 2.41 bits per heavy atom. The van der Waals surface area contributed by atoms with Crippen molar-refractivity contribution in [2.75, 3.05) is 12.9 Å². The summed E-state index contributed by atoms with van der Waals surface area (Å²) in [6.45, 7) is 0. The van der Waals surface area contributed by atoms with Crippen molar-refractivity contribution in [3.8, 4) is 11.2 Å². The predicted octanol–water partition coefficient (Wildman–Crippen LogP) is 3.42. The summed E-state index contributed by atoms with van der Waals surface area (Å²) in [7, 11) is -2.13. The van der Waals surface area contributed by atoms with E-state index in [0.717, 1.165) is 17.3 Å². The van der Waals surface area contributed by atoms with Crippen LogP contribution in [0.1, 0.15) is 10.8 Å². The van der Waals surface area contributed by atoms with E-state index < -0.39 is 15.1 Å². The fourth-order valence-electron chi connectivity index (χ4n) is 2.09. The molecule has 6 heteroatoms. The summed E-state index contributed by atoms with van der Waals surface area (Å²) in [5.74, 6) is 0.159. The molecule has 0 N–H and O–H groups in total. The monoisotopic (exact) mass is 333 g/mol. The molecule has 2 aromatic rings. The van der Waals surface area contributed by atoms with Gasteiger partial charge in [0.05, 0.1) is 18.1 Å². The van der Waals surface area contributed by atoms with Crippen LogP contribution in [0.2, 0.25) is 0 Å². The van der Waals surface area contributed by atoms with Gasteiger partial charge in [0.1, 0.15) is 16.0 Å². The zero-order valence-corrected chi connectivity index (χ0v) is 13.6. The Kier molecular flexibility index (Phi) is 5.47. The molecule has 0 heterocycles. The van der Waals surface area contributed by atoms with E-state index in [1.165, 1.54) is 13.2 Å². The molecule has 0 aliphatic carbocycles. The second-order valence-electron chi connectivity index (χ2n) is 4.54. The molecule has 1 atom stereocenters. The summed E-state index contributed by atoms with van der Waals surface area (Å²) in [4.78, 5) is 0.150. The van der Waals surface area contributed by atoms with Crippen LogP contribution in [-0.2, 0) is 9.84 Å². The molecule has 0 aliphatic heterocycles. The predicted molar refractivity (Wildman–Crippen MR) is 87.4 cm³/mol. The molecule has 0 radical (unpaired) electrons. The number of methoxy groups -OCH3 is 1. The number of nitriles is 1. The summed E-state index contributed by atoms with van der Waals surface area (Å²) in [6.07, 6.45) is 0. The molecule has 0 aromatic heterocycles. The molecule has 0 fully saturated rings. The minimum atomic E-state index is -3.57. The standard InChI is InChI=1S/C16H15NO3S2/c1-20-14-9-5-6-10-16(14)22(18,19)11-15(21-12-17)13-7-3-2-4-8-13/h2-10,15H,11H2,1H3. The fourth-order valence-corrected chi connectivity index (χ4v) is 4.84. The van der Waals surface area contributed by atoms with Gasteiger partial charge < -0.3 is 4.74 Å². The lowest BCUT2D eigenvalue weighted by molar-refractivity contribution is 0.402. The average molecular weight is 333 g/mol. The first-order chi connectivity index (χ1) is 10.6. The van der Waals surface area contributed by atoms with E-state index in [0.29, 0.717) is 5.75 Å². The Labute approximate surface area is 134 Å². The van der Waals surface area contributed by atoms with Gasteiger partial charge in [0.2, 0.25) is 0 Å². The van der Waals surface area contributed by atoms with Gasteiger partial charge in [-0.3, -0.25) is 0 Å². The Morgan fingerprint density at radius 2 is 1.77 bits per heavy atom. The summed E-state index contributed by atoms with van der Waals surface area (Å²) in [6, 6.07) is 15.7. The van der Waals surface area contributed by atoms with E-state index in [2.05, 4.69) is 0 Å². The van der Waals surface area contributed by atoms with Crippen LogP contribution in [0.5, 0.6) is 5.75 Å². The van der Waals surface area contributed by atoms with Gasteiger partial charge in [-0.25, -0.2) is 8.42 Å². The van der Waals surface area contributed by atoms with Crippen LogP contribution in [0.25, 0.3) is 0 Å². The molecule has 0 aliphatic rings. The van der Waals surface area contributed by atoms with Gasteiger partial charge >= 0.3 is 0 Å². The van der Waals surface area contributed by atoms with Crippen molar-refractivity contribution in [1.29, 1.82) is 5.26 Å². The van der Waals surface area contributed by atoms with Crippen LogP contribution in [0, 0.1) is 10.7 Å². The number of benzene rings is 2. The third kappa shape index (κ3) is 3.81. The van der Waals surface area contributed by atoms with Crippen molar-refractivity contribution >= 4 is 21.6 Å². The molecule has 2 rings (SSSR count). The molecular formula is C16H15NO3S2. The summed E-state index contributed by atoms with van der Waals surface area (Å²) in [5, 5.41) is 10.5. The first-order valence-corrected chi connectivity index (χ1v) is 9.07. The molecule has 0 amide bonds. The second-order valence-corrected chi connectivity index (χ2v) is 7.53. The van der Waals surface area contributed by atoms with Crippen LogP contribution in [0.3, 0.4) is 0 Å². The lowest BCUT2D eigenvalue weighted by Crippen LogP contribution is -2.13. The maximum absolute atomic E-state index is 12.7. The van der Waals surface area contributed by atoms with Crippen molar-refractivity contribution in [2.45, 2.75) is 10.1 Å². The van der Waals surface area contributed by atoms with Crippen molar-refractivity contribution in [1.82, 2.24) is 0 Å². The minimum Gasteiger partial charge on any atom is -0.495 e. The van der Waals surface area contributed by atoms with Gasteiger partial charge in [-0.1, -0.05) is 42.5 Å². The van der Waals surface area contributed by atoms with Crippen molar-refractivity contribution in [2.24, 2.45) is 0 Å². The maximum Gasteiger partial charge on any atom is 0.183 e. The van der Waals surface area contributed by atoms with Gasteiger partial charge in [0.15, 0.2) is 9.84 Å². The highest BCUT2D eigenvalue weighted by Gasteiger charge is 2.25. The van der Waals surface area contributed by atoms with Gasteiger partial charge in [0.25, 0.3) is 0 Å². The molecule has 0 saturated carbocycles. The number of thiocyanates is 1. The molecule has 22 heavy (non-hydrogen) atoms. The number of hydrogen-bond acceptors (Lipinski definition) is 5. The summed E-state index contributed by atoms with van der Waals surface area (Å²) < 4.78 is 30.5. The second kappa shape index (κ2) is 7.34. The Balaban J connectivity index is 2.35. The number of ether oxygens (including phenoxy) is 1. The van der Waals surface area contributed by atoms with Crippen LogP contribution < -0.4 is 4.74 Å². The largest absolute Gasteiger partial charge is 0.495 e. The molecule has 0 spiro atoms. The highest BCUT2D eigenvalue weighted by Crippen LogP contribution is 2.33. The van der Waals surface area contributed by atoms with Crippen molar-refractivity contribution < 1.29 is 13.2 Å². The quantitative estimate of drug-likeness (QED) is 0.758. The average Bonchev–Trinajstić information content (AvgIpc) is 2.55. The van der Waals surface area contributed by atoms with E-state index in [4.69, 9.17) is 10.00 Å². The number of thioether (sulfide) groups is 1. The van der Waals surface area contributed by atoms with Crippen molar-refractivity contribution in [3.05, 3.63) is 60.2 Å². The topological polar surface area (TPSA) is 67.2 Å². The van der Waals surface area contributed by atoms with Crippen molar-refractivity contribution in [3.63, 3.8) is 0 Å². The molecule has 0 bridgehead atoms. The molecule has 0 saturated heterocycles. The van der Waals surface area contributed by atoms with Gasteiger partial charge in [-0.05, 0) is 29.5 Å². The molecule has 2 aromatic carbocycles.